The first-order valence-corrected chi connectivity index (χ1v) is 5.71. The van der Waals surface area contributed by atoms with Gasteiger partial charge in [0.2, 0.25) is 0 Å². The number of benzene rings is 1. The van der Waals surface area contributed by atoms with E-state index < -0.39 is 0 Å². The van der Waals surface area contributed by atoms with Crippen LogP contribution in [0.2, 0.25) is 0 Å². The van der Waals surface area contributed by atoms with Gasteiger partial charge in [0.15, 0.2) is 0 Å². The van der Waals surface area contributed by atoms with Crippen molar-refractivity contribution in [3.8, 4) is 5.75 Å². The number of aromatic nitrogens is 2. The predicted octanol–water partition coefficient (Wildman–Crippen LogP) is 3.21. The molecule has 1 N–H and O–H groups in total. The topological polar surface area (TPSA) is 37.5 Å². The average Bonchev–Trinajstić information content (AvgIpc) is 2.87. The number of fused-ring (bicyclic) bond motifs is 1. The molecule has 0 unspecified atom stereocenters. The lowest BCUT2D eigenvalue weighted by Gasteiger charge is -1.99. The molecule has 3 rings (SSSR count). The summed E-state index contributed by atoms with van der Waals surface area (Å²) < 4.78 is 2.02. The van der Waals surface area contributed by atoms with Gasteiger partial charge >= 0.3 is 0 Å². The van der Waals surface area contributed by atoms with Crippen molar-refractivity contribution < 1.29 is 5.11 Å². The summed E-state index contributed by atoms with van der Waals surface area (Å²) in [6.45, 7) is 0. The Bertz CT molecular complexity index is 696. The summed E-state index contributed by atoms with van der Waals surface area (Å²) in [7, 11) is 0. The van der Waals surface area contributed by atoms with Gasteiger partial charge in [0, 0.05) is 5.69 Å². The minimum absolute atomic E-state index is 0.281. The van der Waals surface area contributed by atoms with Gasteiger partial charge in [-0.1, -0.05) is 24.3 Å². The third-order valence-corrected chi connectivity index (χ3v) is 2.82. The number of aromatic hydroxyl groups is 1. The maximum Gasteiger partial charge on any atom is 0.115 e. The van der Waals surface area contributed by atoms with Gasteiger partial charge in [-0.25, -0.2) is 4.98 Å². The normalized spacial score (nSPS) is 11.3. The average molecular weight is 236 g/mol. The van der Waals surface area contributed by atoms with E-state index in [0.717, 1.165) is 16.8 Å². The molecule has 2 heterocycles. The van der Waals surface area contributed by atoms with Crippen LogP contribution in [0.5, 0.6) is 5.75 Å². The summed E-state index contributed by atoms with van der Waals surface area (Å²) >= 11 is 0. The van der Waals surface area contributed by atoms with E-state index >= 15 is 0 Å². The molecule has 0 saturated carbocycles. The van der Waals surface area contributed by atoms with Crippen molar-refractivity contribution in [3.05, 3.63) is 66.2 Å². The third kappa shape index (κ3) is 1.98. The van der Waals surface area contributed by atoms with Crippen LogP contribution in [-0.2, 0) is 0 Å². The monoisotopic (exact) mass is 236 g/mol. The molecule has 0 spiro atoms. The molecule has 0 saturated heterocycles. The standard InChI is InChI=1S/C15H12N2O/c18-15-8-5-12(6-9-15)4-7-13-2-1-3-14-10-16-11-17(13)14/h1-11,18H. The molecule has 88 valence electrons. The van der Waals surface area contributed by atoms with Crippen LogP contribution < -0.4 is 0 Å². The lowest BCUT2D eigenvalue weighted by atomic mass is 10.2. The molecule has 0 aliphatic rings. The van der Waals surface area contributed by atoms with Crippen LogP contribution in [0.3, 0.4) is 0 Å². The maximum atomic E-state index is 9.22. The fourth-order valence-electron chi connectivity index (χ4n) is 1.87. The summed E-state index contributed by atoms with van der Waals surface area (Å²) in [6.07, 6.45) is 7.67. The van der Waals surface area contributed by atoms with Gasteiger partial charge < -0.3 is 5.11 Å². The van der Waals surface area contributed by atoms with Gasteiger partial charge in [-0.2, -0.15) is 0 Å². The molecular formula is C15H12N2O. The fraction of sp³-hybridized carbons (Fsp3) is 0. The lowest BCUT2D eigenvalue weighted by Crippen LogP contribution is -1.87. The Balaban J connectivity index is 1.96. The van der Waals surface area contributed by atoms with Crippen LogP contribution in [0, 0.1) is 0 Å². The second-order valence-corrected chi connectivity index (χ2v) is 4.06. The van der Waals surface area contributed by atoms with Gasteiger partial charge in [0.25, 0.3) is 0 Å². The molecule has 3 heteroatoms. The zero-order valence-corrected chi connectivity index (χ0v) is 9.69. The highest BCUT2D eigenvalue weighted by atomic mass is 16.3. The molecule has 0 atom stereocenters. The number of phenolic OH excluding ortho intramolecular Hbond substituents is 1. The Morgan fingerprint density at radius 2 is 1.83 bits per heavy atom. The summed E-state index contributed by atoms with van der Waals surface area (Å²) in [5.74, 6) is 0.281. The summed E-state index contributed by atoms with van der Waals surface area (Å²) in [4.78, 5) is 4.12. The minimum atomic E-state index is 0.281. The maximum absolute atomic E-state index is 9.22. The third-order valence-electron chi connectivity index (χ3n) is 2.82. The smallest absolute Gasteiger partial charge is 0.115 e. The molecule has 0 radical (unpaired) electrons. The number of imidazole rings is 1. The first kappa shape index (κ1) is 10.6. The Morgan fingerprint density at radius 3 is 2.67 bits per heavy atom. The van der Waals surface area contributed by atoms with Gasteiger partial charge in [0.1, 0.15) is 5.75 Å². The van der Waals surface area contributed by atoms with E-state index in [0.29, 0.717) is 0 Å². The Morgan fingerprint density at radius 1 is 1.00 bits per heavy atom. The number of rotatable bonds is 2. The highest BCUT2D eigenvalue weighted by Gasteiger charge is 1.96. The molecule has 0 fully saturated rings. The summed E-state index contributed by atoms with van der Waals surface area (Å²) in [6, 6.07) is 13.2. The zero-order valence-electron chi connectivity index (χ0n) is 9.69. The molecule has 3 aromatic rings. The molecule has 18 heavy (non-hydrogen) atoms. The number of hydrogen-bond acceptors (Lipinski definition) is 2. The van der Waals surface area contributed by atoms with E-state index in [1.165, 1.54) is 0 Å². The second-order valence-electron chi connectivity index (χ2n) is 4.06. The minimum Gasteiger partial charge on any atom is -0.508 e. The van der Waals surface area contributed by atoms with Gasteiger partial charge in [-0.15, -0.1) is 0 Å². The van der Waals surface area contributed by atoms with Crippen LogP contribution >= 0.6 is 0 Å². The van der Waals surface area contributed by atoms with E-state index in [1.54, 1.807) is 18.5 Å². The molecule has 2 aromatic heterocycles. The molecule has 1 aromatic carbocycles. The quantitative estimate of drug-likeness (QED) is 0.741. The van der Waals surface area contributed by atoms with E-state index in [1.807, 2.05) is 53.1 Å². The Hall–Kier alpha value is -2.55. The van der Waals surface area contributed by atoms with E-state index in [-0.39, 0.29) is 5.75 Å². The molecule has 3 nitrogen and oxygen atoms in total. The fourth-order valence-corrected chi connectivity index (χ4v) is 1.87. The Labute approximate surface area is 105 Å². The number of nitrogens with zero attached hydrogens (tertiary/aromatic N) is 2. The van der Waals surface area contributed by atoms with Crippen molar-refractivity contribution in [3.63, 3.8) is 0 Å². The van der Waals surface area contributed by atoms with Crippen molar-refractivity contribution in [2.24, 2.45) is 0 Å². The molecule has 0 amide bonds. The van der Waals surface area contributed by atoms with Crippen molar-refractivity contribution in [1.29, 1.82) is 0 Å². The lowest BCUT2D eigenvalue weighted by molar-refractivity contribution is 0.475. The van der Waals surface area contributed by atoms with Crippen LogP contribution in [0.1, 0.15) is 11.3 Å². The molecular weight excluding hydrogens is 224 g/mol. The Kier molecular flexibility index (Phi) is 2.57. The SMILES string of the molecule is Oc1ccc(C=Cc2cccc3cncn23)cc1. The van der Waals surface area contributed by atoms with Crippen molar-refractivity contribution >= 4 is 17.7 Å². The van der Waals surface area contributed by atoms with Crippen molar-refractivity contribution in [2.75, 3.05) is 0 Å². The first-order valence-electron chi connectivity index (χ1n) is 5.71. The highest BCUT2D eigenvalue weighted by molar-refractivity contribution is 5.69. The van der Waals surface area contributed by atoms with E-state index in [9.17, 15) is 5.11 Å². The van der Waals surface area contributed by atoms with E-state index in [2.05, 4.69) is 4.98 Å². The van der Waals surface area contributed by atoms with Crippen LogP contribution in [0.15, 0.2) is 55.0 Å². The van der Waals surface area contributed by atoms with Crippen LogP contribution in [0.4, 0.5) is 0 Å². The van der Waals surface area contributed by atoms with Gasteiger partial charge in [-0.3, -0.25) is 4.40 Å². The highest BCUT2D eigenvalue weighted by Crippen LogP contribution is 2.14. The van der Waals surface area contributed by atoms with Crippen molar-refractivity contribution in [1.82, 2.24) is 9.38 Å². The first-order chi connectivity index (χ1) is 8.83. The van der Waals surface area contributed by atoms with Crippen LogP contribution in [0.25, 0.3) is 17.7 Å². The number of pyridine rings is 1. The molecule has 0 aliphatic heterocycles. The largest absolute Gasteiger partial charge is 0.508 e. The predicted molar refractivity (Wildman–Crippen MR) is 72.2 cm³/mol. The van der Waals surface area contributed by atoms with E-state index in [4.69, 9.17) is 0 Å². The zero-order chi connectivity index (χ0) is 12.4. The van der Waals surface area contributed by atoms with Crippen molar-refractivity contribution in [2.45, 2.75) is 0 Å². The summed E-state index contributed by atoms with van der Waals surface area (Å²) in [5.41, 5.74) is 3.19. The van der Waals surface area contributed by atoms with Gasteiger partial charge in [0.05, 0.1) is 18.0 Å². The van der Waals surface area contributed by atoms with Gasteiger partial charge in [-0.05, 0) is 35.9 Å². The number of phenols is 1. The van der Waals surface area contributed by atoms with Crippen LogP contribution in [-0.4, -0.2) is 14.5 Å². The molecule has 0 bridgehead atoms. The number of hydrogen-bond donors (Lipinski definition) is 1. The second kappa shape index (κ2) is 4.37. The summed E-state index contributed by atoms with van der Waals surface area (Å²) in [5, 5.41) is 9.22. The molecule has 0 aliphatic carbocycles.